The van der Waals surface area contributed by atoms with Crippen molar-refractivity contribution in [1.29, 1.82) is 0 Å². The Bertz CT molecular complexity index is 465. The van der Waals surface area contributed by atoms with Gasteiger partial charge in [0, 0.05) is 32.2 Å². The van der Waals surface area contributed by atoms with Crippen LogP contribution in [0.3, 0.4) is 0 Å². The number of hydrogen-bond acceptors (Lipinski definition) is 3. The number of para-hydroxylation sites is 2. The molecule has 3 rings (SSSR count). The van der Waals surface area contributed by atoms with Crippen molar-refractivity contribution >= 4 is 11.4 Å². The van der Waals surface area contributed by atoms with Gasteiger partial charge in [0.15, 0.2) is 0 Å². The van der Waals surface area contributed by atoms with Crippen LogP contribution < -0.4 is 15.1 Å². The fourth-order valence-electron chi connectivity index (χ4n) is 4.00. The second-order valence-electron chi connectivity index (χ2n) is 6.74. The molecule has 1 heterocycles. The highest BCUT2D eigenvalue weighted by molar-refractivity contribution is 5.73. The van der Waals surface area contributed by atoms with Crippen LogP contribution in [-0.2, 0) is 0 Å². The standard InChI is InChI=1S/C18H29N3/c1-19-18(10-6-3-7-11-18)12-13-21-15-14-20(2)16-8-4-5-9-17(16)21/h4-5,8-9,19H,3,6-7,10-15H2,1-2H3. The van der Waals surface area contributed by atoms with Crippen molar-refractivity contribution in [2.45, 2.75) is 44.1 Å². The highest BCUT2D eigenvalue weighted by atomic mass is 15.2. The molecular formula is C18H29N3. The Balaban J connectivity index is 1.69. The fourth-order valence-corrected chi connectivity index (χ4v) is 4.00. The van der Waals surface area contributed by atoms with Crippen LogP contribution in [0.25, 0.3) is 0 Å². The van der Waals surface area contributed by atoms with E-state index < -0.39 is 0 Å². The van der Waals surface area contributed by atoms with Crippen LogP contribution >= 0.6 is 0 Å². The smallest absolute Gasteiger partial charge is 0.0604 e. The molecule has 0 bridgehead atoms. The molecule has 1 N–H and O–H groups in total. The van der Waals surface area contributed by atoms with Crippen molar-refractivity contribution < 1.29 is 0 Å². The first kappa shape index (κ1) is 14.7. The van der Waals surface area contributed by atoms with Gasteiger partial charge >= 0.3 is 0 Å². The summed E-state index contributed by atoms with van der Waals surface area (Å²) in [6.45, 7) is 3.45. The molecule has 3 heteroatoms. The quantitative estimate of drug-likeness (QED) is 0.917. The maximum Gasteiger partial charge on any atom is 0.0604 e. The topological polar surface area (TPSA) is 18.5 Å². The molecule has 1 fully saturated rings. The summed E-state index contributed by atoms with van der Waals surface area (Å²) in [4.78, 5) is 4.96. The van der Waals surface area contributed by atoms with Gasteiger partial charge < -0.3 is 15.1 Å². The summed E-state index contributed by atoms with van der Waals surface area (Å²) in [6.07, 6.45) is 8.15. The van der Waals surface area contributed by atoms with E-state index in [9.17, 15) is 0 Å². The predicted molar refractivity (Wildman–Crippen MR) is 91.4 cm³/mol. The maximum absolute atomic E-state index is 3.65. The Morgan fingerprint density at radius 2 is 1.76 bits per heavy atom. The largest absolute Gasteiger partial charge is 0.371 e. The molecule has 0 atom stereocenters. The molecule has 1 aliphatic carbocycles. The van der Waals surface area contributed by atoms with Crippen LogP contribution in [0.4, 0.5) is 11.4 Å². The summed E-state index contributed by atoms with van der Waals surface area (Å²) in [5.74, 6) is 0. The van der Waals surface area contributed by atoms with Crippen LogP contribution in [0.5, 0.6) is 0 Å². The lowest BCUT2D eigenvalue weighted by atomic mass is 9.79. The van der Waals surface area contributed by atoms with Gasteiger partial charge in [0.1, 0.15) is 0 Å². The number of anilines is 2. The lowest BCUT2D eigenvalue weighted by Gasteiger charge is -2.42. The molecular weight excluding hydrogens is 258 g/mol. The number of likely N-dealkylation sites (N-methyl/N-ethyl adjacent to an activating group) is 1. The zero-order chi connectivity index (χ0) is 14.7. The lowest BCUT2D eigenvalue weighted by Crippen LogP contribution is -2.48. The number of hydrogen-bond donors (Lipinski definition) is 1. The molecule has 2 aliphatic rings. The summed E-state index contributed by atoms with van der Waals surface area (Å²) < 4.78 is 0. The zero-order valence-corrected chi connectivity index (χ0v) is 13.6. The van der Waals surface area contributed by atoms with Crippen LogP contribution in [0.15, 0.2) is 24.3 Å². The summed E-state index contributed by atoms with van der Waals surface area (Å²) in [7, 11) is 4.36. The van der Waals surface area contributed by atoms with E-state index in [0.29, 0.717) is 5.54 Å². The van der Waals surface area contributed by atoms with Crippen LogP contribution in [0, 0.1) is 0 Å². The van der Waals surface area contributed by atoms with E-state index in [2.05, 4.69) is 53.5 Å². The van der Waals surface area contributed by atoms with Gasteiger partial charge in [-0.05, 0) is 38.4 Å². The molecule has 0 unspecified atom stereocenters. The van der Waals surface area contributed by atoms with E-state index in [1.54, 1.807) is 0 Å². The molecule has 0 spiro atoms. The molecule has 21 heavy (non-hydrogen) atoms. The minimum Gasteiger partial charge on any atom is -0.371 e. The summed E-state index contributed by atoms with van der Waals surface area (Å²) in [5, 5.41) is 3.65. The first-order chi connectivity index (χ1) is 10.2. The lowest BCUT2D eigenvalue weighted by molar-refractivity contribution is 0.232. The van der Waals surface area contributed by atoms with E-state index in [4.69, 9.17) is 0 Å². The van der Waals surface area contributed by atoms with Crippen molar-refractivity contribution in [1.82, 2.24) is 5.32 Å². The Kier molecular flexibility index (Phi) is 4.39. The Morgan fingerprint density at radius 1 is 1.05 bits per heavy atom. The average Bonchev–Trinajstić information content (AvgIpc) is 2.55. The normalized spacial score (nSPS) is 21.2. The Labute approximate surface area is 129 Å². The van der Waals surface area contributed by atoms with Gasteiger partial charge in [-0.15, -0.1) is 0 Å². The number of rotatable bonds is 4. The third-order valence-corrected chi connectivity index (χ3v) is 5.54. The zero-order valence-electron chi connectivity index (χ0n) is 13.6. The molecule has 1 aromatic carbocycles. The van der Waals surface area contributed by atoms with Gasteiger partial charge in [-0.25, -0.2) is 0 Å². The summed E-state index contributed by atoms with van der Waals surface area (Å²) in [6, 6.07) is 8.84. The van der Waals surface area contributed by atoms with Crippen LogP contribution in [-0.4, -0.2) is 39.3 Å². The van der Waals surface area contributed by atoms with Gasteiger partial charge in [-0.3, -0.25) is 0 Å². The van der Waals surface area contributed by atoms with E-state index in [-0.39, 0.29) is 0 Å². The van der Waals surface area contributed by atoms with Gasteiger partial charge in [-0.2, -0.15) is 0 Å². The molecule has 116 valence electrons. The molecule has 1 aromatic rings. The van der Waals surface area contributed by atoms with E-state index in [1.807, 2.05) is 0 Å². The first-order valence-electron chi connectivity index (χ1n) is 8.48. The van der Waals surface area contributed by atoms with Crippen molar-refractivity contribution in [2.75, 3.05) is 43.5 Å². The first-order valence-corrected chi connectivity index (χ1v) is 8.48. The van der Waals surface area contributed by atoms with Crippen LogP contribution in [0.1, 0.15) is 38.5 Å². The van der Waals surface area contributed by atoms with E-state index in [1.165, 1.54) is 56.4 Å². The average molecular weight is 287 g/mol. The van der Waals surface area contributed by atoms with Crippen LogP contribution in [0.2, 0.25) is 0 Å². The second kappa shape index (κ2) is 6.27. The minimum atomic E-state index is 0.385. The summed E-state index contributed by atoms with van der Waals surface area (Å²) >= 11 is 0. The highest BCUT2D eigenvalue weighted by Crippen LogP contribution is 2.35. The number of fused-ring (bicyclic) bond motifs is 1. The maximum atomic E-state index is 3.65. The molecule has 3 nitrogen and oxygen atoms in total. The summed E-state index contributed by atoms with van der Waals surface area (Å²) in [5.41, 5.74) is 3.18. The number of nitrogens with one attached hydrogen (secondary N) is 1. The van der Waals surface area contributed by atoms with Crippen molar-refractivity contribution in [2.24, 2.45) is 0 Å². The van der Waals surface area contributed by atoms with Gasteiger partial charge in [-0.1, -0.05) is 31.4 Å². The molecule has 1 aliphatic heterocycles. The van der Waals surface area contributed by atoms with E-state index >= 15 is 0 Å². The highest BCUT2D eigenvalue weighted by Gasteiger charge is 2.31. The van der Waals surface area contributed by atoms with Crippen molar-refractivity contribution in [3.63, 3.8) is 0 Å². The second-order valence-corrected chi connectivity index (χ2v) is 6.74. The molecule has 0 aromatic heterocycles. The minimum absolute atomic E-state index is 0.385. The van der Waals surface area contributed by atoms with Crippen molar-refractivity contribution in [3.05, 3.63) is 24.3 Å². The van der Waals surface area contributed by atoms with E-state index in [0.717, 1.165) is 13.1 Å². The van der Waals surface area contributed by atoms with Gasteiger partial charge in [0.2, 0.25) is 0 Å². The SMILES string of the molecule is CNC1(CCN2CCN(C)c3ccccc32)CCCCC1. The Hall–Kier alpha value is -1.22. The predicted octanol–water partition coefficient (Wildman–Crippen LogP) is 3.26. The third-order valence-electron chi connectivity index (χ3n) is 5.54. The Morgan fingerprint density at radius 3 is 2.48 bits per heavy atom. The molecule has 0 saturated heterocycles. The molecule has 1 saturated carbocycles. The monoisotopic (exact) mass is 287 g/mol. The van der Waals surface area contributed by atoms with Crippen molar-refractivity contribution in [3.8, 4) is 0 Å². The fraction of sp³-hybridized carbons (Fsp3) is 0.667. The van der Waals surface area contributed by atoms with Gasteiger partial charge in [0.05, 0.1) is 11.4 Å². The molecule has 0 amide bonds. The number of nitrogens with zero attached hydrogens (tertiary/aromatic N) is 2. The van der Waals surface area contributed by atoms with Gasteiger partial charge in [0.25, 0.3) is 0 Å². The molecule has 0 radical (unpaired) electrons. The third kappa shape index (κ3) is 3.03. The number of benzene rings is 1.